The van der Waals surface area contributed by atoms with Gasteiger partial charge in [-0.05, 0) is 56.5 Å². The number of benzene rings is 2. The second-order valence-electron chi connectivity index (χ2n) is 7.40. The van der Waals surface area contributed by atoms with Gasteiger partial charge in [0.2, 0.25) is 0 Å². The number of aliphatic imine (C=N–C) groups is 1. The van der Waals surface area contributed by atoms with E-state index in [1.54, 1.807) is 6.07 Å². The molecule has 0 saturated carbocycles. The largest absolute Gasteiger partial charge is 0.490 e. The lowest BCUT2D eigenvalue weighted by Gasteiger charge is -2.18. The summed E-state index contributed by atoms with van der Waals surface area (Å²) >= 11 is 0. The summed E-state index contributed by atoms with van der Waals surface area (Å²) in [5.74, 6) is 1.70. The van der Waals surface area contributed by atoms with Gasteiger partial charge < -0.3 is 25.8 Å². The molecule has 1 amide bonds. The van der Waals surface area contributed by atoms with Gasteiger partial charge in [0.15, 0.2) is 12.6 Å². The lowest BCUT2D eigenvalue weighted by atomic mass is 10.1. The van der Waals surface area contributed by atoms with Crippen molar-refractivity contribution < 1.29 is 14.3 Å². The van der Waals surface area contributed by atoms with Gasteiger partial charge in [0.05, 0.1) is 12.6 Å². The Morgan fingerprint density at radius 2 is 1.94 bits per heavy atom. The van der Waals surface area contributed by atoms with E-state index in [1.165, 1.54) is 5.56 Å². The van der Waals surface area contributed by atoms with Gasteiger partial charge in [0.25, 0.3) is 5.91 Å². The number of carbonyl (C=O) groups excluding carboxylic acids is 1. The molecule has 0 fully saturated rings. The number of nitrogens with two attached hydrogens (primary N) is 1. The molecule has 0 aliphatic carbocycles. The number of aryl methyl sites for hydroxylation is 1. The normalized spacial score (nSPS) is 11.8. The summed E-state index contributed by atoms with van der Waals surface area (Å²) in [6.45, 7) is 9.94. The lowest BCUT2D eigenvalue weighted by molar-refractivity contribution is -0.119. The standard InChI is InChI=1S/C24H34N4O3.HI/c1-5-18(4)31-22-12-17(3)10-11-20(22)15-28-24(26-6-2)27-14-19-8-7-9-21(13-19)30-16-23(25)29;/h7-13,18H,5-6,14-16H2,1-4H3,(H2,25,29)(H2,26,27,28);1H. The molecule has 0 heterocycles. The van der Waals surface area contributed by atoms with E-state index in [9.17, 15) is 4.79 Å². The van der Waals surface area contributed by atoms with Gasteiger partial charge in [-0.3, -0.25) is 4.79 Å². The number of hydrogen-bond acceptors (Lipinski definition) is 4. The Balaban J connectivity index is 0.00000512. The second kappa shape index (κ2) is 14.5. The fourth-order valence-corrected chi connectivity index (χ4v) is 2.80. The van der Waals surface area contributed by atoms with Gasteiger partial charge in [-0.1, -0.05) is 31.2 Å². The van der Waals surface area contributed by atoms with Gasteiger partial charge in [0, 0.05) is 18.7 Å². The molecule has 0 saturated heterocycles. The molecule has 8 heteroatoms. The van der Waals surface area contributed by atoms with Crippen LogP contribution in [-0.4, -0.2) is 31.1 Å². The zero-order valence-electron chi connectivity index (χ0n) is 19.3. The molecule has 1 atom stereocenters. The Bertz CT molecular complexity index is 889. The highest BCUT2D eigenvalue weighted by Crippen LogP contribution is 2.22. The molecular formula is C24H35IN4O3. The van der Waals surface area contributed by atoms with E-state index in [-0.39, 0.29) is 36.7 Å². The number of rotatable bonds is 11. The van der Waals surface area contributed by atoms with Crippen molar-refractivity contribution in [3.05, 3.63) is 59.2 Å². The van der Waals surface area contributed by atoms with Crippen LogP contribution in [0.25, 0.3) is 0 Å². The molecule has 1 unspecified atom stereocenters. The highest BCUT2D eigenvalue weighted by atomic mass is 127. The minimum Gasteiger partial charge on any atom is -0.490 e. The van der Waals surface area contributed by atoms with Crippen LogP contribution in [0.3, 0.4) is 0 Å². The maximum absolute atomic E-state index is 10.9. The third-order valence-corrected chi connectivity index (χ3v) is 4.62. The Morgan fingerprint density at radius 1 is 1.16 bits per heavy atom. The van der Waals surface area contributed by atoms with Crippen LogP contribution in [0.2, 0.25) is 0 Å². The summed E-state index contributed by atoms with van der Waals surface area (Å²) in [4.78, 5) is 15.6. The molecule has 0 bridgehead atoms. The fourth-order valence-electron chi connectivity index (χ4n) is 2.80. The van der Waals surface area contributed by atoms with Crippen molar-refractivity contribution in [2.24, 2.45) is 10.7 Å². The topological polar surface area (TPSA) is 98.0 Å². The van der Waals surface area contributed by atoms with Crippen LogP contribution >= 0.6 is 24.0 Å². The maximum atomic E-state index is 10.9. The summed E-state index contributed by atoms with van der Waals surface area (Å²) in [6.07, 6.45) is 1.11. The fraction of sp³-hybridized carbons (Fsp3) is 0.417. The Morgan fingerprint density at radius 3 is 2.62 bits per heavy atom. The minimum absolute atomic E-state index is 0. The predicted molar refractivity (Wildman–Crippen MR) is 140 cm³/mol. The first-order chi connectivity index (χ1) is 14.9. The zero-order chi connectivity index (χ0) is 22.6. The first kappa shape index (κ1) is 27.5. The second-order valence-corrected chi connectivity index (χ2v) is 7.40. The average Bonchev–Trinajstić information content (AvgIpc) is 2.75. The van der Waals surface area contributed by atoms with E-state index in [4.69, 9.17) is 15.2 Å². The van der Waals surface area contributed by atoms with E-state index in [1.807, 2.05) is 25.1 Å². The van der Waals surface area contributed by atoms with E-state index in [0.29, 0.717) is 24.8 Å². The molecule has 0 radical (unpaired) electrons. The first-order valence-electron chi connectivity index (χ1n) is 10.7. The number of amides is 1. The summed E-state index contributed by atoms with van der Waals surface area (Å²) in [5, 5.41) is 6.65. The number of hydrogen-bond donors (Lipinski definition) is 3. The van der Waals surface area contributed by atoms with Gasteiger partial charge >= 0.3 is 0 Å². The van der Waals surface area contributed by atoms with Crippen molar-refractivity contribution in [3.8, 4) is 11.5 Å². The number of halogens is 1. The van der Waals surface area contributed by atoms with Crippen molar-refractivity contribution in [2.45, 2.75) is 53.3 Å². The average molecular weight is 554 g/mol. The van der Waals surface area contributed by atoms with Crippen LogP contribution in [0.1, 0.15) is 43.9 Å². The van der Waals surface area contributed by atoms with Crippen molar-refractivity contribution in [1.82, 2.24) is 10.6 Å². The number of guanidine groups is 1. The molecule has 2 rings (SSSR count). The summed E-state index contributed by atoms with van der Waals surface area (Å²) < 4.78 is 11.5. The lowest BCUT2D eigenvalue weighted by Crippen LogP contribution is -2.37. The molecule has 2 aromatic rings. The molecule has 0 aromatic heterocycles. The molecule has 32 heavy (non-hydrogen) atoms. The van der Waals surface area contributed by atoms with Crippen molar-refractivity contribution >= 4 is 35.8 Å². The molecule has 7 nitrogen and oxygen atoms in total. The van der Waals surface area contributed by atoms with Crippen LogP contribution in [0, 0.1) is 6.92 Å². The van der Waals surface area contributed by atoms with Crippen LogP contribution in [0.5, 0.6) is 11.5 Å². The number of primary amides is 1. The minimum atomic E-state index is -0.505. The van der Waals surface area contributed by atoms with E-state index >= 15 is 0 Å². The zero-order valence-corrected chi connectivity index (χ0v) is 21.6. The quantitative estimate of drug-likeness (QED) is 0.222. The molecule has 4 N–H and O–H groups in total. The van der Waals surface area contributed by atoms with E-state index < -0.39 is 5.91 Å². The number of nitrogens with one attached hydrogen (secondary N) is 2. The van der Waals surface area contributed by atoms with Crippen molar-refractivity contribution in [2.75, 3.05) is 13.2 Å². The van der Waals surface area contributed by atoms with Gasteiger partial charge in [-0.25, -0.2) is 4.99 Å². The smallest absolute Gasteiger partial charge is 0.255 e. The number of ether oxygens (including phenoxy) is 2. The first-order valence-corrected chi connectivity index (χ1v) is 10.7. The summed E-state index contributed by atoms with van der Waals surface area (Å²) in [5.41, 5.74) is 8.35. The molecule has 0 aliphatic heterocycles. The van der Waals surface area contributed by atoms with E-state index in [2.05, 4.69) is 54.6 Å². The van der Waals surface area contributed by atoms with Crippen LogP contribution in [-0.2, 0) is 17.9 Å². The highest BCUT2D eigenvalue weighted by Gasteiger charge is 2.09. The molecule has 176 valence electrons. The van der Waals surface area contributed by atoms with Gasteiger partial charge in [-0.15, -0.1) is 24.0 Å². The van der Waals surface area contributed by atoms with Crippen LogP contribution in [0.15, 0.2) is 47.5 Å². The predicted octanol–water partition coefficient (Wildman–Crippen LogP) is 3.91. The van der Waals surface area contributed by atoms with Crippen molar-refractivity contribution in [3.63, 3.8) is 0 Å². The molecular weight excluding hydrogens is 519 g/mol. The SMILES string of the molecule is CCNC(=NCc1cccc(OCC(N)=O)c1)NCc1ccc(C)cc1OC(C)CC.I. The van der Waals surface area contributed by atoms with Gasteiger partial charge in [0.1, 0.15) is 11.5 Å². The molecule has 0 spiro atoms. The molecule has 2 aromatic carbocycles. The maximum Gasteiger partial charge on any atom is 0.255 e. The summed E-state index contributed by atoms with van der Waals surface area (Å²) in [6, 6.07) is 13.7. The van der Waals surface area contributed by atoms with Gasteiger partial charge in [-0.2, -0.15) is 0 Å². The third kappa shape index (κ3) is 9.76. The molecule has 0 aliphatic rings. The number of carbonyl (C=O) groups is 1. The van der Waals surface area contributed by atoms with Crippen LogP contribution in [0.4, 0.5) is 0 Å². The Hall–Kier alpha value is -2.49. The number of nitrogens with zero attached hydrogens (tertiary/aromatic N) is 1. The van der Waals surface area contributed by atoms with Crippen LogP contribution < -0.4 is 25.8 Å². The monoisotopic (exact) mass is 554 g/mol. The third-order valence-electron chi connectivity index (χ3n) is 4.62. The van der Waals surface area contributed by atoms with Crippen molar-refractivity contribution in [1.29, 1.82) is 0 Å². The highest BCUT2D eigenvalue weighted by molar-refractivity contribution is 14.0. The van der Waals surface area contributed by atoms with E-state index in [0.717, 1.165) is 29.8 Å². The summed E-state index contributed by atoms with van der Waals surface area (Å²) in [7, 11) is 0. The Labute approximate surface area is 208 Å². The Kier molecular flexibility index (Phi) is 12.5.